The number of nitrogens with zero attached hydrogens (tertiary/aromatic N) is 1. The number of carbonyl (C=O) groups is 1. The van der Waals surface area contributed by atoms with Gasteiger partial charge in [0, 0.05) is 24.7 Å². The van der Waals surface area contributed by atoms with Crippen LogP contribution in [0.15, 0.2) is 15.9 Å². The largest absolute Gasteiger partial charge is 0.378 e. The van der Waals surface area contributed by atoms with Crippen LogP contribution < -0.4 is 0 Å². The maximum Gasteiger partial charge on any atom is 0.265 e. The van der Waals surface area contributed by atoms with Gasteiger partial charge in [0.25, 0.3) is 5.91 Å². The summed E-state index contributed by atoms with van der Waals surface area (Å²) >= 11 is 4.92. The van der Waals surface area contributed by atoms with Crippen molar-refractivity contribution in [2.45, 2.75) is 31.8 Å². The van der Waals surface area contributed by atoms with Gasteiger partial charge >= 0.3 is 0 Å². The number of methoxy groups -OCH3 is 1. The number of hydrogen-bond donors (Lipinski definition) is 0. The highest BCUT2D eigenvalue weighted by molar-refractivity contribution is 9.10. The molecule has 1 aliphatic heterocycles. The average molecular weight is 332 g/mol. The molecule has 1 saturated heterocycles. The lowest BCUT2D eigenvalue weighted by Crippen LogP contribution is -2.33. The maximum absolute atomic E-state index is 12.4. The molecule has 5 heteroatoms. The molecule has 0 spiro atoms. The predicted octanol–water partition coefficient (Wildman–Crippen LogP) is 3.54. The lowest BCUT2D eigenvalue weighted by Gasteiger charge is -2.26. The summed E-state index contributed by atoms with van der Waals surface area (Å²) in [6, 6.07) is 1.93. The van der Waals surface area contributed by atoms with Crippen molar-refractivity contribution in [2.75, 3.05) is 20.2 Å². The molecule has 1 fully saturated rings. The van der Waals surface area contributed by atoms with Gasteiger partial charge < -0.3 is 9.64 Å². The first-order chi connectivity index (χ1) is 8.56. The topological polar surface area (TPSA) is 29.5 Å². The molecule has 1 aromatic heterocycles. The van der Waals surface area contributed by atoms with E-state index < -0.39 is 0 Å². The third-order valence-electron chi connectivity index (χ3n) is 3.64. The standard InChI is InChI=1S/C13H18BrNO2S/c1-13(17-2)5-3-7-15(8-6-13)12(16)11-10(14)4-9-18-11/h4,9H,3,5-8H2,1-2H3. The van der Waals surface area contributed by atoms with E-state index in [0.29, 0.717) is 0 Å². The first-order valence-corrected chi connectivity index (χ1v) is 7.80. The van der Waals surface area contributed by atoms with E-state index in [1.807, 2.05) is 16.3 Å². The van der Waals surface area contributed by atoms with E-state index in [4.69, 9.17) is 4.74 Å². The molecule has 3 nitrogen and oxygen atoms in total. The van der Waals surface area contributed by atoms with Gasteiger partial charge in [0.1, 0.15) is 4.88 Å². The van der Waals surface area contributed by atoms with Crippen LogP contribution in [-0.4, -0.2) is 36.6 Å². The molecule has 0 radical (unpaired) electrons. The summed E-state index contributed by atoms with van der Waals surface area (Å²) in [6.45, 7) is 3.72. The van der Waals surface area contributed by atoms with Crippen LogP contribution in [0.4, 0.5) is 0 Å². The Hall–Kier alpha value is -0.390. The average Bonchev–Trinajstić information content (AvgIpc) is 2.68. The first kappa shape index (κ1) is 14.0. The summed E-state index contributed by atoms with van der Waals surface area (Å²) in [6.07, 6.45) is 2.91. The van der Waals surface area contributed by atoms with Crippen LogP contribution >= 0.6 is 27.3 Å². The molecular weight excluding hydrogens is 314 g/mol. The Balaban J connectivity index is 2.07. The van der Waals surface area contributed by atoms with Crippen molar-refractivity contribution in [3.63, 3.8) is 0 Å². The van der Waals surface area contributed by atoms with Gasteiger partial charge in [-0.1, -0.05) is 0 Å². The molecule has 100 valence electrons. The van der Waals surface area contributed by atoms with Gasteiger partial charge in [0.05, 0.1) is 5.60 Å². The minimum absolute atomic E-state index is 0.0816. The number of likely N-dealkylation sites (tertiary alicyclic amines) is 1. The lowest BCUT2D eigenvalue weighted by molar-refractivity contribution is -0.00536. The van der Waals surface area contributed by atoms with Crippen LogP contribution in [0.3, 0.4) is 0 Å². The smallest absolute Gasteiger partial charge is 0.265 e. The molecule has 0 bridgehead atoms. The summed E-state index contributed by atoms with van der Waals surface area (Å²) in [4.78, 5) is 15.1. The molecular formula is C13H18BrNO2S. The van der Waals surface area contributed by atoms with Crippen LogP contribution in [0, 0.1) is 0 Å². The van der Waals surface area contributed by atoms with Crippen molar-refractivity contribution in [1.29, 1.82) is 0 Å². The Bertz CT molecular complexity index is 434. The Morgan fingerprint density at radius 2 is 2.28 bits per heavy atom. The highest BCUT2D eigenvalue weighted by Gasteiger charge is 2.30. The maximum atomic E-state index is 12.4. The molecule has 2 heterocycles. The minimum Gasteiger partial charge on any atom is -0.378 e. The fraction of sp³-hybridized carbons (Fsp3) is 0.615. The van der Waals surface area contributed by atoms with E-state index in [1.165, 1.54) is 11.3 Å². The van der Waals surface area contributed by atoms with Crippen LogP contribution in [0.2, 0.25) is 0 Å². The van der Waals surface area contributed by atoms with Gasteiger partial charge in [-0.25, -0.2) is 0 Å². The summed E-state index contributed by atoms with van der Waals surface area (Å²) in [5.74, 6) is 0.136. The number of ether oxygens (including phenoxy) is 1. The second-order valence-electron chi connectivity index (χ2n) is 4.90. The van der Waals surface area contributed by atoms with Crippen LogP contribution in [-0.2, 0) is 4.74 Å². The Morgan fingerprint density at radius 3 is 2.89 bits per heavy atom. The molecule has 1 aliphatic rings. The van der Waals surface area contributed by atoms with Crippen LogP contribution in [0.25, 0.3) is 0 Å². The molecule has 18 heavy (non-hydrogen) atoms. The van der Waals surface area contributed by atoms with Crippen molar-refractivity contribution in [2.24, 2.45) is 0 Å². The van der Waals surface area contributed by atoms with Crippen molar-refractivity contribution >= 4 is 33.2 Å². The molecule has 0 N–H and O–H groups in total. The van der Waals surface area contributed by atoms with Crippen LogP contribution in [0.1, 0.15) is 35.9 Å². The molecule has 0 aliphatic carbocycles. The quantitative estimate of drug-likeness (QED) is 0.829. The van der Waals surface area contributed by atoms with Gasteiger partial charge in [-0.3, -0.25) is 4.79 Å². The monoisotopic (exact) mass is 331 g/mol. The molecule has 1 unspecified atom stereocenters. The fourth-order valence-electron chi connectivity index (χ4n) is 2.25. The third kappa shape index (κ3) is 2.95. The Morgan fingerprint density at radius 1 is 1.50 bits per heavy atom. The summed E-state index contributed by atoms with van der Waals surface area (Å²) in [7, 11) is 1.76. The molecule has 0 saturated carbocycles. The van der Waals surface area contributed by atoms with E-state index in [0.717, 1.165) is 41.7 Å². The van der Waals surface area contributed by atoms with E-state index in [-0.39, 0.29) is 11.5 Å². The van der Waals surface area contributed by atoms with E-state index in [2.05, 4.69) is 22.9 Å². The van der Waals surface area contributed by atoms with Crippen molar-refractivity contribution in [1.82, 2.24) is 4.90 Å². The van der Waals surface area contributed by atoms with E-state index >= 15 is 0 Å². The number of thiophene rings is 1. The normalized spacial score (nSPS) is 24.9. The molecule has 0 aromatic carbocycles. The van der Waals surface area contributed by atoms with Crippen molar-refractivity contribution in [3.8, 4) is 0 Å². The Kier molecular flexibility index (Phi) is 4.45. The number of hydrogen-bond acceptors (Lipinski definition) is 3. The van der Waals surface area contributed by atoms with Gasteiger partial charge in [0.2, 0.25) is 0 Å². The zero-order valence-electron chi connectivity index (χ0n) is 10.7. The van der Waals surface area contributed by atoms with E-state index in [9.17, 15) is 4.79 Å². The Labute approximate surface area is 120 Å². The minimum atomic E-state index is -0.0816. The van der Waals surface area contributed by atoms with Gasteiger partial charge in [0.15, 0.2) is 0 Å². The van der Waals surface area contributed by atoms with E-state index in [1.54, 1.807) is 7.11 Å². The number of rotatable bonds is 2. The van der Waals surface area contributed by atoms with Gasteiger partial charge in [-0.2, -0.15) is 0 Å². The summed E-state index contributed by atoms with van der Waals surface area (Å²) in [5.41, 5.74) is -0.0816. The van der Waals surface area contributed by atoms with Crippen molar-refractivity contribution in [3.05, 3.63) is 20.8 Å². The SMILES string of the molecule is COC1(C)CCCN(C(=O)c2sccc2Br)CC1. The molecule has 1 amide bonds. The van der Waals surface area contributed by atoms with Crippen LogP contribution in [0.5, 0.6) is 0 Å². The third-order valence-corrected chi connectivity index (χ3v) is 5.46. The van der Waals surface area contributed by atoms with Gasteiger partial charge in [-0.05, 0) is 53.6 Å². The zero-order valence-corrected chi connectivity index (χ0v) is 13.1. The number of amides is 1. The van der Waals surface area contributed by atoms with Gasteiger partial charge in [-0.15, -0.1) is 11.3 Å². The highest BCUT2D eigenvalue weighted by atomic mass is 79.9. The number of halogens is 1. The summed E-state index contributed by atoms with van der Waals surface area (Å²) < 4.78 is 6.46. The highest BCUT2D eigenvalue weighted by Crippen LogP contribution is 2.28. The first-order valence-electron chi connectivity index (χ1n) is 6.13. The molecule has 2 rings (SSSR count). The lowest BCUT2D eigenvalue weighted by atomic mass is 9.97. The fourth-order valence-corrected chi connectivity index (χ4v) is 3.76. The second kappa shape index (κ2) is 5.72. The molecule has 1 aromatic rings. The predicted molar refractivity (Wildman–Crippen MR) is 77.2 cm³/mol. The zero-order chi connectivity index (χ0) is 13.2. The number of carbonyl (C=O) groups excluding carboxylic acids is 1. The molecule has 1 atom stereocenters. The second-order valence-corrected chi connectivity index (χ2v) is 6.67. The van der Waals surface area contributed by atoms with Crippen molar-refractivity contribution < 1.29 is 9.53 Å². The summed E-state index contributed by atoms with van der Waals surface area (Å²) in [5, 5.41) is 1.94.